The second-order valence-corrected chi connectivity index (χ2v) is 5.15. The van der Waals surface area contributed by atoms with Gasteiger partial charge in [-0.15, -0.1) is 6.42 Å². The van der Waals surface area contributed by atoms with Gasteiger partial charge in [0, 0.05) is 24.5 Å². The summed E-state index contributed by atoms with van der Waals surface area (Å²) in [6.45, 7) is 1.78. The van der Waals surface area contributed by atoms with Crippen molar-refractivity contribution in [3.8, 4) is 18.1 Å². The SMILES string of the molecule is C#CCOC(=O)Nc1cccc(OC(=O)N(C)c2ccccc2C)c1. The normalized spacial score (nSPS) is 9.64. The predicted octanol–water partition coefficient (Wildman–Crippen LogP) is 3.81. The van der Waals surface area contributed by atoms with Crippen LogP contribution in [0.1, 0.15) is 5.56 Å². The molecule has 0 saturated carbocycles. The van der Waals surface area contributed by atoms with Gasteiger partial charge in [0.15, 0.2) is 6.61 Å². The van der Waals surface area contributed by atoms with Crippen LogP contribution >= 0.6 is 0 Å². The Kier molecular flexibility index (Phi) is 6.02. The monoisotopic (exact) mass is 338 g/mol. The third-order valence-electron chi connectivity index (χ3n) is 3.32. The van der Waals surface area contributed by atoms with E-state index >= 15 is 0 Å². The number of ether oxygens (including phenoxy) is 2. The van der Waals surface area contributed by atoms with Crippen molar-refractivity contribution in [1.82, 2.24) is 0 Å². The number of hydrogen-bond donors (Lipinski definition) is 1. The quantitative estimate of drug-likeness (QED) is 0.861. The number of amides is 2. The van der Waals surface area contributed by atoms with E-state index in [1.165, 1.54) is 11.0 Å². The maximum Gasteiger partial charge on any atom is 0.419 e. The maximum absolute atomic E-state index is 12.3. The molecule has 2 amide bonds. The van der Waals surface area contributed by atoms with Crippen LogP contribution in [-0.2, 0) is 4.74 Å². The van der Waals surface area contributed by atoms with Gasteiger partial charge in [-0.2, -0.15) is 0 Å². The molecule has 0 aliphatic rings. The second-order valence-electron chi connectivity index (χ2n) is 5.15. The highest BCUT2D eigenvalue weighted by Crippen LogP contribution is 2.22. The fourth-order valence-corrected chi connectivity index (χ4v) is 2.11. The molecule has 0 heterocycles. The molecular weight excluding hydrogens is 320 g/mol. The Labute approximate surface area is 146 Å². The minimum atomic E-state index is -0.682. The molecule has 6 nitrogen and oxygen atoms in total. The van der Waals surface area contributed by atoms with Crippen LogP contribution in [-0.4, -0.2) is 25.8 Å². The van der Waals surface area contributed by atoms with Gasteiger partial charge < -0.3 is 9.47 Å². The number of carbonyl (C=O) groups excluding carboxylic acids is 2. The number of aryl methyl sites for hydroxylation is 1. The number of para-hydroxylation sites is 1. The smallest absolute Gasteiger partial charge is 0.419 e. The first-order valence-electron chi connectivity index (χ1n) is 7.49. The summed E-state index contributed by atoms with van der Waals surface area (Å²) in [4.78, 5) is 25.2. The summed E-state index contributed by atoms with van der Waals surface area (Å²) in [7, 11) is 1.63. The Morgan fingerprint density at radius 2 is 1.96 bits per heavy atom. The average molecular weight is 338 g/mol. The molecule has 0 aromatic heterocycles. The van der Waals surface area contributed by atoms with E-state index in [1.54, 1.807) is 25.2 Å². The van der Waals surface area contributed by atoms with E-state index in [2.05, 4.69) is 11.2 Å². The summed E-state index contributed by atoms with van der Waals surface area (Å²) in [6.07, 6.45) is 3.80. The highest BCUT2D eigenvalue weighted by atomic mass is 16.6. The molecule has 0 unspecified atom stereocenters. The Balaban J connectivity index is 2.04. The van der Waals surface area contributed by atoms with Crippen LogP contribution in [0.3, 0.4) is 0 Å². The van der Waals surface area contributed by atoms with Crippen molar-refractivity contribution in [2.24, 2.45) is 0 Å². The maximum atomic E-state index is 12.3. The third-order valence-corrected chi connectivity index (χ3v) is 3.32. The Bertz CT molecular complexity index is 811. The molecule has 0 atom stereocenters. The highest BCUT2D eigenvalue weighted by Gasteiger charge is 2.15. The minimum Gasteiger partial charge on any atom is -0.436 e. The average Bonchev–Trinajstić information content (AvgIpc) is 2.60. The largest absolute Gasteiger partial charge is 0.436 e. The van der Waals surface area contributed by atoms with Crippen LogP contribution in [0.5, 0.6) is 5.75 Å². The van der Waals surface area contributed by atoms with Gasteiger partial charge in [-0.05, 0) is 30.7 Å². The first kappa shape index (κ1) is 17.9. The van der Waals surface area contributed by atoms with Crippen LogP contribution in [0.15, 0.2) is 48.5 Å². The van der Waals surface area contributed by atoms with Crippen LogP contribution in [0, 0.1) is 19.3 Å². The highest BCUT2D eigenvalue weighted by molar-refractivity contribution is 5.90. The zero-order valence-electron chi connectivity index (χ0n) is 14.0. The van der Waals surface area contributed by atoms with Gasteiger partial charge in [-0.25, -0.2) is 9.59 Å². The number of hydrogen-bond acceptors (Lipinski definition) is 4. The van der Waals surface area contributed by atoms with Crippen molar-refractivity contribution in [2.45, 2.75) is 6.92 Å². The van der Waals surface area contributed by atoms with Crippen LogP contribution < -0.4 is 15.0 Å². The molecule has 2 rings (SSSR count). The van der Waals surface area contributed by atoms with E-state index in [0.717, 1.165) is 11.3 Å². The van der Waals surface area contributed by atoms with Crippen LogP contribution in [0.4, 0.5) is 21.0 Å². The van der Waals surface area contributed by atoms with Crippen molar-refractivity contribution in [3.63, 3.8) is 0 Å². The molecule has 0 spiro atoms. The number of benzene rings is 2. The first-order valence-corrected chi connectivity index (χ1v) is 7.49. The van der Waals surface area contributed by atoms with Crippen molar-refractivity contribution in [2.75, 3.05) is 23.9 Å². The number of anilines is 2. The third kappa shape index (κ3) is 5.01. The molecule has 6 heteroatoms. The number of carbonyl (C=O) groups is 2. The van der Waals surface area contributed by atoms with Gasteiger partial charge in [0.2, 0.25) is 0 Å². The minimum absolute atomic E-state index is 0.123. The van der Waals surface area contributed by atoms with Crippen molar-refractivity contribution in [3.05, 3.63) is 54.1 Å². The molecule has 1 N–H and O–H groups in total. The van der Waals surface area contributed by atoms with E-state index in [1.807, 2.05) is 31.2 Å². The topological polar surface area (TPSA) is 67.9 Å². The Morgan fingerprint density at radius 1 is 1.20 bits per heavy atom. The first-order chi connectivity index (χ1) is 12.0. The molecule has 0 aliphatic carbocycles. The number of rotatable bonds is 4. The molecule has 0 saturated heterocycles. The van der Waals surface area contributed by atoms with E-state index < -0.39 is 12.2 Å². The lowest BCUT2D eigenvalue weighted by molar-refractivity contribution is 0.176. The molecule has 2 aromatic carbocycles. The predicted molar refractivity (Wildman–Crippen MR) is 95.9 cm³/mol. The molecule has 2 aromatic rings. The van der Waals surface area contributed by atoms with Crippen molar-refractivity contribution in [1.29, 1.82) is 0 Å². The summed E-state index contributed by atoms with van der Waals surface area (Å²) in [6, 6.07) is 13.9. The van der Waals surface area contributed by atoms with Gasteiger partial charge >= 0.3 is 12.2 Å². The van der Waals surface area contributed by atoms with Crippen molar-refractivity contribution < 1.29 is 19.1 Å². The van der Waals surface area contributed by atoms with Crippen LogP contribution in [0.2, 0.25) is 0 Å². The summed E-state index contributed by atoms with van der Waals surface area (Å²) in [5, 5.41) is 2.50. The lowest BCUT2D eigenvalue weighted by Crippen LogP contribution is -2.30. The Morgan fingerprint density at radius 3 is 2.68 bits per heavy atom. The summed E-state index contributed by atoms with van der Waals surface area (Å²) in [5.74, 6) is 2.49. The molecule has 0 bridgehead atoms. The van der Waals surface area contributed by atoms with E-state index in [4.69, 9.17) is 15.9 Å². The van der Waals surface area contributed by atoms with Crippen molar-refractivity contribution >= 4 is 23.6 Å². The van der Waals surface area contributed by atoms with E-state index in [-0.39, 0.29) is 6.61 Å². The van der Waals surface area contributed by atoms with E-state index in [9.17, 15) is 9.59 Å². The number of nitrogens with one attached hydrogen (secondary N) is 1. The molecule has 0 aliphatic heterocycles. The summed E-state index contributed by atoms with van der Waals surface area (Å²) < 4.78 is 10.1. The molecular formula is C19H18N2O4. The zero-order valence-corrected chi connectivity index (χ0v) is 14.0. The summed E-state index contributed by atoms with van der Waals surface area (Å²) >= 11 is 0. The van der Waals surface area contributed by atoms with Gasteiger partial charge in [0.25, 0.3) is 0 Å². The van der Waals surface area contributed by atoms with Gasteiger partial charge in [-0.3, -0.25) is 10.2 Å². The molecule has 0 radical (unpaired) electrons. The number of nitrogens with zero attached hydrogens (tertiary/aromatic N) is 1. The zero-order chi connectivity index (χ0) is 18.2. The van der Waals surface area contributed by atoms with Gasteiger partial charge in [0.05, 0.1) is 0 Å². The van der Waals surface area contributed by atoms with Gasteiger partial charge in [0.1, 0.15) is 5.75 Å². The summed E-state index contributed by atoms with van der Waals surface area (Å²) in [5.41, 5.74) is 2.12. The fourth-order valence-electron chi connectivity index (χ4n) is 2.11. The van der Waals surface area contributed by atoms with Crippen LogP contribution in [0.25, 0.3) is 0 Å². The number of terminal acetylenes is 1. The lowest BCUT2D eigenvalue weighted by Gasteiger charge is -2.19. The fraction of sp³-hybridized carbons (Fsp3) is 0.158. The lowest BCUT2D eigenvalue weighted by atomic mass is 10.2. The molecule has 25 heavy (non-hydrogen) atoms. The Hall–Kier alpha value is -3.46. The standard InChI is InChI=1S/C19H18N2O4/c1-4-12-24-18(22)20-15-9-7-10-16(13-15)25-19(23)21(3)17-11-6-5-8-14(17)2/h1,5-11,13H,12H2,2-3H3,(H,20,22). The molecule has 0 fully saturated rings. The van der Waals surface area contributed by atoms with E-state index in [0.29, 0.717) is 11.4 Å². The van der Waals surface area contributed by atoms with Gasteiger partial charge in [-0.1, -0.05) is 30.2 Å². The second kappa shape index (κ2) is 8.41. The molecule has 128 valence electrons.